The van der Waals surface area contributed by atoms with Crippen LogP contribution in [0.15, 0.2) is 29.2 Å². The van der Waals surface area contributed by atoms with Crippen molar-refractivity contribution in [3.8, 4) is 0 Å². The standard InChI is InChI=1S/C7H8O3S.C3H9N3/c1-6-2-4-7(5-3-6)11(8,9)10;1-6(2)3(4)5/h2-5H,1H3,(H,8,9,10);1-2H3,(H3,4,5). The first-order valence-corrected chi connectivity index (χ1v) is 6.13. The molecule has 0 radical (unpaired) electrons. The summed E-state index contributed by atoms with van der Waals surface area (Å²) in [6, 6.07) is 5.78. The van der Waals surface area contributed by atoms with Gasteiger partial charge in [0.25, 0.3) is 0 Å². The molecule has 96 valence electrons. The van der Waals surface area contributed by atoms with E-state index in [0.717, 1.165) is 5.56 Å². The Morgan fingerprint density at radius 3 is 1.76 bits per heavy atom. The van der Waals surface area contributed by atoms with Crippen LogP contribution < -0.4 is 11.5 Å². The van der Waals surface area contributed by atoms with Gasteiger partial charge in [0.2, 0.25) is 0 Å². The van der Waals surface area contributed by atoms with Gasteiger partial charge in [-0.1, -0.05) is 17.7 Å². The number of nitrogens with two attached hydrogens (primary N) is 2. The average Bonchev–Trinajstić information content (AvgIpc) is 2.17. The zero-order valence-electron chi connectivity index (χ0n) is 10.0. The minimum absolute atomic E-state index is 0.178. The molecule has 0 aliphatic heterocycles. The van der Waals surface area contributed by atoms with Crippen LogP contribution in [0.4, 0.5) is 0 Å². The number of rotatable bonds is 1. The molecule has 1 rings (SSSR count). The minimum Gasteiger partial charge on any atom is -0.744 e. The summed E-state index contributed by atoms with van der Waals surface area (Å²) in [6.07, 6.45) is 0. The molecule has 0 fully saturated rings. The predicted molar refractivity (Wildman–Crippen MR) is 64.6 cm³/mol. The van der Waals surface area contributed by atoms with Gasteiger partial charge in [-0.05, 0) is 19.1 Å². The molecule has 4 N–H and O–H groups in total. The van der Waals surface area contributed by atoms with E-state index in [2.05, 4.69) is 0 Å². The van der Waals surface area contributed by atoms with Crippen molar-refractivity contribution in [2.45, 2.75) is 11.8 Å². The fourth-order valence-electron chi connectivity index (χ4n) is 0.705. The van der Waals surface area contributed by atoms with Crippen molar-refractivity contribution in [1.82, 2.24) is 0 Å². The van der Waals surface area contributed by atoms with Crippen molar-refractivity contribution in [2.24, 2.45) is 11.5 Å². The lowest BCUT2D eigenvalue weighted by Gasteiger charge is -2.05. The van der Waals surface area contributed by atoms with Gasteiger partial charge in [-0.2, -0.15) is 0 Å². The molecule has 0 bridgehead atoms. The number of benzene rings is 1. The van der Waals surface area contributed by atoms with E-state index >= 15 is 0 Å². The van der Waals surface area contributed by atoms with Crippen molar-refractivity contribution < 1.29 is 17.5 Å². The van der Waals surface area contributed by atoms with Crippen LogP contribution >= 0.6 is 0 Å². The van der Waals surface area contributed by atoms with Gasteiger partial charge in [0.05, 0.1) is 19.0 Å². The topological polar surface area (TPSA) is 112 Å². The van der Waals surface area contributed by atoms with Crippen molar-refractivity contribution in [3.63, 3.8) is 0 Å². The summed E-state index contributed by atoms with van der Waals surface area (Å²) in [6.45, 7) is 1.82. The van der Waals surface area contributed by atoms with Crippen molar-refractivity contribution in [1.29, 1.82) is 0 Å². The van der Waals surface area contributed by atoms with Crippen molar-refractivity contribution in [2.75, 3.05) is 14.1 Å². The Hall–Kier alpha value is -1.60. The Bertz CT molecular complexity index is 474. The molecule has 0 atom stereocenters. The van der Waals surface area contributed by atoms with Gasteiger partial charge in [0.1, 0.15) is 10.1 Å². The van der Waals surface area contributed by atoms with E-state index < -0.39 is 10.1 Å². The Morgan fingerprint density at radius 1 is 1.18 bits per heavy atom. The lowest BCUT2D eigenvalue weighted by molar-refractivity contribution is -0.466. The fraction of sp³-hybridized carbons (Fsp3) is 0.300. The van der Waals surface area contributed by atoms with Gasteiger partial charge in [0.15, 0.2) is 0 Å². The van der Waals surface area contributed by atoms with Gasteiger partial charge in [-0.25, -0.2) is 8.42 Å². The molecule has 0 amide bonds. The van der Waals surface area contributed by atoms with Crippen LogP contribution in [0.1, 0.15) is 5.56 Å². The summed E-state index contributed by atoms with van der Waals surface area (Å²) in [5, 5.41) is 0. The van der Waals surface area contributed by atoms with Crippen LogP contribution in [0.2, 0.25) is 0 Å². The third-order valence-corrected chi connectivity index (χ3v) is 2.68. The quantitative estimate of drug-likeness (QED) is 0.303. The van der Waals surface area contributed by atoms with Gasteiger partial charge >= 0.3 is 5.96 Å². The highest BCUT2D eigenvalue weighted by Gasteiger charge is 1.97. The molecule has 0 heterocycles. The number of hydrogen-bond donors (Lipinski definition) is 2. The van der Waals surface area contributed by atoms with E-state index in [4.69, 9.17) is 11.5 Å². The first-order chi connectivity index (χ1) is 7.64. The maximum atomic E-state index is 10.4. The molecule has 0 saturated carbocycles. The minimum atomic E-state index is -4.27. The molecular weight excluding hydrogens is 242 g/mol. The Morgan fingerprint density at radius 2 is 1.53 bits per heavy atom. The number of hydrogen-bond acceptors (Lipinski definition) is 3. The molecule has 7 heteroatoms. The molecule has 17 heavy (non-hydrogen) atoms. The lowest BCUT2D eigenvalue weighted by Crippen LogP contribution is -2.31. The van der Waals surface area contributed by atoms with E-state index in [-0.39, 0.29) is 4.90 Å². The molecule has 0 spiro atoms. The maximum absolute atomic E-state index is 10.4. The smallest absolute Gasteiger partial charge is 0.340 e. The van der Waals surface area contributed by atoms with Crippen LogP contribution in [0, 0.1) is 6.92 Å². The second-order valence-corrected chi connectivity index (χ2v) is 4.97. The third-order valence-electron chi connectivity index (χ3n) is 1.83. The molecule has 0 aliphatic carbocycles. The van der Waals surface area contributed by atoms with Gasteiger partial charge in [0, 0.05) is 0 Å². The fourth-order valence-corrected chi connectivity index (χ4v) is 1.17. The van der Waals surface area contributed by atoms with Gasteiger partial charge < -0.3 is 4.55 Å². The maximum Gasteiger partial charge on any atom is 0.340 e. The van der Waals surface area contributed by atoms with Gasteiger partial charge in [-0.3, -0.25) is 16.0 Å². The summed E-state index contributed by atoms with van der Waals surface area (Å²) in [5.74, 6) is 0.343. The zero-order chi connectivity index (χ0) is 13.6. The molecule has 1 aromatic carbocycles. The highest BCUT2D eigenvalue weighted by atomic mass is 32.2. The van der Waals surface area contributed by atoms with E-state index in [1.807, 2.05) is 6.92 Å². The third kappa shape index (κ3) is 6.54. The Balaban J connectivity index is 0.000000366. The highest BCUT2D eigenvalue weighted by Crippen LogP contribution is 2.08. The monoisotopic (exact) mass is 259 g/mol. The van der Waals surface area contributed by atoms with E-state index in [1.54, 1.807) is 30.8 Å². The second-order valence-electron chi connectivity index (χ2n) is 3.59. The zero-order valence-corrected chi connectivity index (χ0v) is 10.9. The number of guanidine groups is 1. The Kier molecular flexibility index (Phi) is 5.63. The lowest BCUT2D eigenvalue weighted by atomic mass is 10.2. The van der Waals surface area contributed by atoms with Crippen LogP contribution in [0.25, 0.3) is 0 Å². The normalized spacial score (nSPS) is 10.1. The summed E-state index contributed by atoms with van der Waals surface area (Å²) < 4.78 is 32.8. The Labute approximate surface area is 101 Å². The second kappa shape index (κ2) is 6.21. The van der Waals surface area contributed by atoms with Crippen LogP contribution in [-0.2, 0) is 10.1 Å². The van der Waals surface area contributed by atoms with E-state index in [9.17, 15) is 13.0 Å². The average molecular weight is 259 g/mol. The SMILES string of the molecule is C[N+](C)=C(N)N.Cc1ccc(S(=O)(=O)[O-])cc1. The van der Waals surface area contributed by atoms with Crippen molar-refractivity contribution >= 4 is 16.1 Å². The summed E-state index contributed by atoms with van der Waals surface area (Å²) in [5.41, 5.74) is 11.0. The molecule has 0 unspecified atom stereocenters. The summed E-state index contributed by atoms with van der Waals surface area (Å²) in [7, 11) is -0.696. The molecule has 0 aromatic heterocycles. The molecule has 0 saturated heterocycles. The van der Waals surface area contributed by atoms with E-state index in [1.165, 1.54) is 12.1 Å². The predicted octanol–water partition coefficient (Wildman–Crippen LogP) is -0.569. The molecular formula is C10H17N3O3S. The summed E-state index contributed by atoms with van der Waals surface area (Å²) in [4.78, 5) is -0.178. The van der Waals surface area contributed by atoms with Crippen molar-refractivity contribution in [3.05, 3.63) is 29.8 Å². The first-order valence-electron chi connectivity index (χ1n) is 4.72. The van der Waals surface area contributed by atoms with Crippen LogP contribution in [0.3, 0.4) is 0 Å². The van der Waals surface area contributed by atoms with Gasteiger partial charge in [-0.15, -0.1) is 0 Å². The molecule has 1 aromatic rings. The number of aryl methyl sites for hydroxylation is 1. The highest BCUT2D eigenvalue weighted by molar-refractivity contribution is 7.85. The number of nitrogens with zero attached hydrogens (tertiary/aromatic N) is 1. The first kappa shape index (κ1) is 15.4. The largest absolute Gasteiger partial charge is 0.744 e. The van der Waals surface area contributed by atoms with Crippen LogP contribution in [-0.4, -0.2) is 37.6 Å². The molecule has 6 nitrogen and oxygen atoms in total. The van der Waals surface area contributed by atoms with E-state index in [0.29, 0.717) is 5.96 Å². The molecule has 0 aliphatic rings. The van der Waals surface area contributed by atoms with Crippen LogP contribution in [0.5, 0.6) is 0 Å². The summed E-state index contributed by atoms with van der Waals surface area (Å²) >= 11 is 0.